The predicted octanol–water partition coefficient (Wildman–Crippen LogP) is 2.84. The van der Waals surface area contributed by atoms with Crippen LogP contribution >= 0.6 is 0 Å². The first-order valence-electron chi connectivity index (χ1n) is 7.91. The summed E-state index contributed by atoms with van der Waals surface area (Å²) in [4.78, 5) is 9.01. The van der Waals surface area contributed by atoms with Crippen molar-refractivity contribution in [2.24, 2.45) is 0 Å². The van der Waals surface area contributed by atoms with E-state index in [4.69, 9.17) is 4.74 Å². The standard InChI is InChI=1S/C17H22N6O/c1-10-8-11(2)14(12(3)9-10)20-16-15-17(19-13(4)18-16)23(22-21-15)6-7-24-5/h8-9H,6-7H2,1-5H3,(H,18,19,20). The fourth-order valence-corrected chi connectivity index (χ4v) is 2.88. The van der Waals surface area contributed by atoms with Crippen molar-refractivity contribution in [2.45, 2.75) is 34.2 Å². The van der Waals surface area contributed by atoms with Crippen LogP contribution in [0.15, 0.2) is 12.1 Å². The first kappa shape index (κ1) is 16.3. The minimum atomic E-state index is 0.556. The molecule has 1 aromatic carbocycles. The van der Waals surface area contributed by atoms with Crippen LogP contribution in [-0.2, 0) is 11.3 Å². The lowest BCUT2D eigenvalue weighted by atomic mass is 10.1. The van der Waals surface area contributed by atoms with Gasteiger partial charge in [-0.25, -0.2) is 14.6 Å². The molecule has 24 heavy (non-hydrogen) atoms. The number of hydrogen-bond donors (Lipinski definition) is 1. The van der Waals surface area contributed by atoms with E-state index in [-0.39, 0.29) is 0 Å². The van der Waals surface area contributed by atoms with E-state index < -0.39 is 0 Å². The van der Waals surface area contributed by atoms with Crippen molar-refractivity contribution in [2.75, 3.05) is 19.0 Å². The Morgan fingerprint density at radius 1 is 1.08 bits per heavy atom. The number of rotatable bonds is 5. The summed E-state index contributed by atoms with van der Waals surface area (Å²) in [5.74, 6) is 1.35. The summed E-state index contributed by atoms with van der Waals surface area (Å²) in [5.41, 5.74) is 6.00. The maximum absolute atomic E-state index is 5.12. The van der Waals surface area contributed by atoms with E-state index in [0.717, 1.165) is 5.69 Å². The molecule has 0 spiro atoms. The van der Waals surface area contributed by atoms with Crippen LogP contribution in [0.25, 0.3) is 11.2 Å². The van der Waals surface area contributed by atoms with E-state index in [1.165, 1.54) is 16.7 Å². The third-order valence-corrected chi connectivity index (χ3v) is 3.90. The molecule has 7 nitrogen and oxygen atoms in total. The number of aryl methyl sites for hydroxylation is 4. The number of nitrogens with zero attached hydrogens (tertiary/aromatic N) is 5. The third kappa shape index (κ3) is 3.07. The van der Waals surface area contributed by atoms with Crippen molar-refractivity contribution < 1.29 is 4.74 Å². The van der Waals surface area contributed by atoms with Crippen LogP contribution in [0.4, 0.5) is 11.5 Å². The molecule has 2 aromatic heterocycles. The van der Waals surface area contributed by atoms with Gasteiger partial charge >= 0.3 is 0 Å². The molecule has 0 fully saturated rings. The van der Waals surface area contributed by atoms with Crippen molar-refractivity contribution in [3.63, 3.8) is 0 Å². The first-order chi connectivity index (χ1) is 11.5. The summed E-state index contributed by atoms with van der Waals surface area (Å²) in [5, 5.41) is 11.9. The van der Waals surface area contributed by atoms with Gasteiger partial charge in [0.15, 0.2) is 17.0 Å². The van der Waals surface area contributed by atoms with Gasteiger partial charge in [-0.1, -0.05) is 22.9 Å². The lowest BCUT2D eigenvalue weighted by molar-refractivity contribution is 0.184. The lowest BCUT2D eigenvalue weighted by Crippen LogP contribution is -2.08. The number of hydrogen-bond acceptors (Lipinski definition) is 6. The van der Waals surface area contributed by atoms with Crippen molar-refractivity contribution in [1.82, 2.24) is 25.0 Å². The van der Waals surface area contributed by atoms with Crippen LogP contribution in [0.2, 0.25) is 0 Å². The normalized spacial score (nSPS) is 11.2. The molecule has 0 saturated carbocycles. The molecule has 0 bridgehead atoms. The Balaban J connectivity index is 2.05. The fraction of sp³-hybridized carbons (Fsp3) is 0.412. The zero-order chi connectivity index (χ0) is 17.3. The van der Waals surface area contributed by atoms with Gasteiger partial charge in [-0.2, -0.15) is 0 Å². The number of anilines is 2. The van der Waals surface area contributed by atoms with Gasteiger partial charge in [-0.05, 0) is 38.8 Å². The number of fused-ring (bicyclic) bond motifs is 1. The Morgan fingerprint density at radius 2 is 1.79 bits per heavy atom. The highest BCUT2D eigenvalue weighted by Gasteiger charge is 2.15. The van der Waals surface area contributed by atoms with Crippen LogP contribution in [-0.4, -0.2) is 38.7 Å². The molecule has 7 heteroatoms. The van der Waals surface area contributed by atoms with E-state index in [2.05, 4.69) is 58.5 Å². The van der Waals surface area contributed by atoms with Crippen LogP contribution in [0, 0.1) is 27.7 Å². The highest BCUT2D eigenvalue weighted by molar-refractivity contribution is 5.85. The van der Waals surface area contributed by atoms with Gasteiger partial charge in [0.25, 0.3) is 0 Å². The number of benzene rings is 1. The van der Waals surface area contributed by atoms with E-state index in [9.17, 15) is 0 Å². The number of methoxy groups -OCH3 is 1. The van der Waals surface area contributed by atoms with Crippen LogP contribution in [0.1, 0.15) is 22.5 Å². The topological polar surface area (TPSA) is 77.8 Å². The van der Waals surface area contributed by atoms with Crippen LogP contribution in [0.3, 0.4) is 0 Å². The molecule has 0 aliphatic rings. The first-order valence-corrected chi connectivity index (χ1v) is 7.91. The van der Waals surface area contributed by atoms with Crippen molar-refractivity contribution in [3.05, 3.63) is 34.6 Å². The molecule has 126 valence electrons. The van der Waals surface area contributed by atoms with Gasteiger partial charge in [0.1, 0.15) is 5.82 Å². The second-order valence-corrected chi connectivity index (χ2v) is 6.00. The molecule has 3 rings (SSSR count). The number of ether oxygens (including phenoxy) is 1. The molecule has 0 radical (unpaired) electrons. The average molecular weight is 326 g/mol. The summed E-state index contributed by atoms with van der Waals surface area (Å²) in [7, 11) is 1.66. The summed E-state index contributed by atoms with van der Waals surface area (Å²) >= 11 is 0. The van der Waals surface area contributed by atoms with Gasteiger partial charge in [-0.15, -0.1) is 5.10 Å². The molecule has 2 heterocycles. The average Bonchev–Trinajstić information content (AvgIpc) is 2.91. The SMILES string of the molecule is COCCn1nnc2c(Nc3c(C)cc(C)cc3C)nc(C)nc21. The Kier molecular flexibility index (Phi) is 4.44. The molecule has 3 aromatic rings. The monoisotopic (exact) mass is 326 g/mol. The molecular formula is C17H22N6O. The Bertz CT molecular complexity index is 863. The molecule has 0 aliphatic carbocycles. The second kappa shape index (κ2) is 6.52. The zero-order valence-electron chi connectivity index (χ0n) is 14.7. The van der Waals surface area contributed by atoms with Gasteiger partial charge in [0.2, 0.25) is 0 Å². The largest absolute Gasteiger partial charge is 0.383 e. The highest BCUT2D eigenvalue weighted by Crippen LogP contribution is 2.28. The maximum atomic E-state index is 5.12. The minimum Gasteiger partial charge on any atom is -0.383 e. The summed E-state index contributed by atoms with van der Waals surface area (Å²) in [6.07, 6.45) is 0. The van der Waals surface area contributed by atoms with E-state index in [1.807, 2.05) is 6.92 Å². The fourth-order valence-electron chi connectivity index (χ4n) is 2.88. The highest BCUT2D eigenvalue weighted by atomic mass is 16.5. The number of aromatic nitrogens is 5. The van der Waals surface area contributed by atoms with Crippen LogP contribution in [0.5, 0.6) is 0 Å². The lowest BCUT2D eigenvalue weighted by Gasteiger charge is -2.13. The minimum absolute atomic E-state index is 0.556. The smallest absolute Gasteiger partial charge is 0.184 e. The molecular weight excluding hydrogens is 304 g/mol. The van der Waals surface area contributed by atoms with Crippen molar-refractivity contribution in [1.29, 1.82) is 0 Å². The van der Waals surface area contributed by atoms with Crippen molar-refractivity contribution >= 4 is 22.7 Å². The van der Waals surface area contributed by atoms with E-state index in [1.54, 1.807) is 11.8 Å². The van der Waals surface area contributed by atoms with Gasteiger partial charge < -0.3 is 10.1 Å². The Morgan fingerprint density at radius 3 is 2.46 bits per heavy atom. The number of nitrogens with one attached hydrogen (secondary N) is 1. The third-order valence-electron chi connectivity index (χ3n) is 3.90. The Hall–Kier alpha value is -2.54. The summed E-state index contributed by atoms with van der Waals surface area (Å²) in [6, 6.07) is 4.30. The second-order valence-electron chi connectivity index (χ2n) is 6.00. The molecule has 0 atom stereocenters. The maximum Gasteiger partial charge on any atom is 0.184 e. The predicted molar refractivity (Wildman–Crippen MR) is 93.7 cm³/mol. The van der Waals surface area contributed by atoms with Gasteiger partial charge in [-0.3, -0.25) is 0 Å². The molecule has 0 saturated heterocycles. The molecule has 0 aliphatic heterocycles. The quantitative estimate of drug-likeness (QED) is 0.777. The van der Waals surface area contributed by atoms with Crippen LogP contribution < -0.4 is 5.32 Å². The summed E-state index contributed by atoms with van der Waals surface area (Å²) in [6.45, 7) is 9.29. The molecule has 0 unspecified atom stereocenters. The molecule has 1 N–H and O–H groups in total. The van der Waals surface area contributed by atoms with E-state index in [0.29, 0.717) is 36.0 Å². The molecule has 0 amide bonds. The zero-order valence-corrected chi connectivity index (χ0v) is 14.7. The van der Waals surface area contributed by atoms with Gasteiger partial charge in [0, 0.05) is 12.8 Å². The summed E-state index contributed by atoms with van der Waals surface area (Å²) < 4.78 is 6.86. The van der Waals surface area contributed by atoms with Gasteiger partial charge in [0.05, 0.1) is 13.2 Å². The van der Waals surface area contributed by atoms with E-state index >= 15 is 0 Å². The van der Waals surface area contributed by atoms with Crippen molar-refractivity contribution in [3.8, 4) is 0 Å². The Labute approximate surface area is 141 Å².